The second-order valence-electron chi connectivity index (χ2n) is 8.61. The summed E-state index contributed by atoms with van der Waals surface area (Å²) in [5.41, 5.74) is 2.42. The van der Waals surface area contributed by atoms with Crippen LogP contribution in [0.1, 0.15) is 58.8 Å². The topological polar surface area (TPSA) is 17.1 Å². The summed E-state index contributed by atoms with van der Waals surface area (Å²) < 4.78 is 0. The van der Waals surface area contributed by atoms with Crippen molar-refractivity contribution in [3.8, 4) is 0 Å². The predicted octanol–water partition coefficient (Wildman–Crippen LogP) is 4.93. The fourth-order valence-electron chi connectivity index (χ4n) is 6.28. The van der Waals surface area contributed by atoms with Gasteiger partial charge in [-0.3, -0.25) is 0 Å². The van der Waals surface area contributed by atoms with Crippen LogP contribution in [-0.2, 0) is 4.79 Å². The van der Waals surface area contributed by atoms with Gasteiger partial charge in [-0.1, -0.05) is 38.5 Å². The molecule has 1 heteroatoms. The van der Waals surface area contributed by atoms with Crippen LogP contribution in [0.2, 0.25) is 0 Å². The van der Waals surface area contributed by atoms with Crippen LogP contribution < -0.4 is 0 Å². The fourth-order valence-corrected chi connectivity index (χ4v) is 6.28. The molecule has 0 aromatic rings. The Labute approximate surface area is 128 Å². The van der Waals surface area contributed by atoms with E-state index in [0.29, 0.717) is 10.8 Å². The Balaban J connectivity index is 1.73. The summed E-state index contributed by atoms with van der Waals surface area (Å²) in [5.74, 6) is 2.68. The van der Waals surface area contributed by atoms with Crippen LogP contribution in [0, 0.1) is 34.5 Å². The highest BCUT2D eigenvalue weighted by Crippen LogP contribution is 2.63. The Hall–Kier alpha value is -0.850. The summed E-state index contributed by atoms with van der Waals surface area (Å²) in [6.45, 7) is 5.03. The molecule has 2 fully saturated rings. The number of aldehydes is 1. The van der Waals surface area contributed by atoms with Crippen molar-refractivity contribution in [1.29, 1.82) is 0 Å². The van der Waals surface area contributed by atoms with Crippen molar-refractivity contribution < 1.29 is 4.79 Å². The third-order valence-corrected chi connectivity index (χ3v) is 7.66. The maximum atomic E-state index is 11.1. The predicted molar refractivity (Wildman–Crippen MR) is 85.8 cm³/mol. The lowest BCUT2D eigenvalue weighted by molar-refractivity contribution is -0.110. The zero-order valence-electron chi connectivity index (χ0n) is 13.5. The average Bonchev–Trinajstić information content (AvgIpc) is 2.88. The van der Waals surface area contributed by atoms with Gasteiger partial charge in [0, 0.05) is 5.92 Å². The van der Waals surface area contributed by atoms with Crippen LogP contribution in [0.15, 0.2) is 23.8 Å². The van der Waals surface area contributed by atoms with Crippen molar-refractivity contribution in [2.75, 3.05) is 0 Å². The molecule has 0 aromatic heterocycles. The molecule has 4 aliphatic carbocycles. The molecule has 0 saturated heterocycles. The van der Waals surface area contributed by atoms with Gasteiger partial charge in [0.25, 0.3) is 0 Å². The van der Waals surface area contributed by atoms with E-state index in [1.54, 1.807) is 0 Å². The Kier molecular flexibility index (Phi) is 3.00. The van der Waals surface area contributed by atoms with Gasteiger partial charge in [-0.2, -0.15) is 0 Å². The number of hydrogen-bond donors (Lipinski definition) is 0. The van der Waals surface area contributed by atoms with Crippen LogP contribution in [0.5, 0.6) is 0 Å². The average molecular weight is 284 g/mol. The van der Waals surface area contributed by atoms with E-state index in [1.807, 2.05) is 0 Å². The Bertz CT molecular complexity index is 516. The lowest BCUT2D eigenvalue weighted by atomic mass is 9.49. The fraction of sp³-hybridized carbons (Fsp3) is 0.750. The van der Waals surface area contributed by atoms with Gasteiger partial charge < -0.3 is 4.79 Å². The van der Waals surface area contributed by atoms with E-state index in [2.05, 4.69) is 32.1 Å². The number of carbonyl (C=O) groups excluding carboxylic acids is 1. The number of carbonyl (C=O) groups is 1. The van der Waals surface area contributed by atoms with E-state index >= 15 is 0 Å². The first kappa shape index (κ1) is 13.8. The van der Waals surface area contributed by atoms with Gasteiger partial charge in [0.15, 0.2) is 0 Å². The van der Waals surface area contributed by atoms with Gasteiger partial charge in [-0.25, -0.2) is 0 Å². The zero-order valence-corrected chi connectivity index (χ0v) is 13.5. The monoisotopic (exact) mass is 284 g/mol. The molecule has 0 spiro atoms. The summed E-state index contributed by atoms with van der Waals surface area (Å²) in [4.78, 5) is 11.1. The third kappa shape index (κ3) is 1.85. The van der Waals surface area contributed by atoms with Crippen molar-refractivity contribution in [3.05, 3.63) is 23.8 Å². The van der Waals surface area contributed by atoms with E-state index in [-0.39, 0.29) is 5.92 Å². The summed E-state index contributed by atoms with van der Waals surface area (Å²) in [5, 5.41) is 0. The summed E-state index contributed by atoms with van der Waals surface area (Å²) in [6, 6.07) is 0. The summed E-state index contributed by atoms with van der Waals surface area (Å²) in [7, 11) is 0. The molecule has 4 aliphatic rings. The van der Waals surface area contributed by atoms with Crippen molar-refractivity contribution >= 4 is 6.29 Å². The molecule has 2 saturated carbocycles. The van der Waals surface area contributed by atoms with Crippen LogP contribution in [0.4, 0.5) is 0 Å². The first-order chi connectivity index (χ1) is 10.1. The number of hydrogen-bond acceptors (Lipinski definition) is 1. The molecule has 0 aromatic carbocycles. The van der Waals surface area contributed by atoms with E-state index in [1.165, 1.54) is 44.1 Å². The molecule has 6 atom stereocenters. The van der Waals surface area contributed by atoms with Gasteiger partial charge in [0.2, 0.25) is 0 Å². The Morgan fingerprint density at radius 1 is 1.10 bits per heavy atom. The molecule has 1 nitrogen and oxygen atoms in total. The molecule has 21 heavy (non-hydrogen) atoms. The smallest absolute Gasteiger partial charge is 0.126 e. The van der Waals surface area contributed by atoms with Gasteiger partial charge >= 0.3 is 0 Å². The van der Waals surface area contributed by atoms with E-state index in [0.717, 1.165) is 30.5 Å². The summed E-state index contributed by atoms with van der Waals surface area (Å²) >= 11 is 0. The highest BCUT2D eigenvalue weighted by Gasteiger charge is 2.54. The molecule has 0 aliphatic heterocycles. The Morgan fingerprint density at radius 2 is 1.95 bits per heavy atom. The standard InChI is InChI=1S/C20H28O/c1-19-9-3-4-17(19)16-6-5-15-12-14(13-21)7-11-20(15,2)18(16)8-10-19/h5-6,12-14,16-18H,3-4,7-11H2,1-2H3/t14?,16-,17-,18-,19-,20-/m0/s1. The molecule has 114 valence electrons. The maximum absolute atomic E-state index is 11.1. The minimum absolute atomic E-state index is 0.162. The zero-order chi connectivity index (χ0) is 14.7. The molecule has 0 radical (unpaired) electrons. The lowest BCUT2D eigenvalue weighted by Gasteiger charge is -2.55. The SMILES string of the molecule is C[C@@]12CCC[C@H]1[C@@H]1C=CC3=CC(C=O)CC[C@]3(C)[C@H]1CC2. The second-order valence-corrected chi connectivity index (χ2v) is 8.61. The molecule has 0 heterocycles. The molecular formula is C20H28O. The van der Waals surface area contributed by atoms with Gasteiger partial charge in [0.1, 0.15) is 6.29 Å². The Morgan fingerprint density at radius 3 is 2.76 bits per heavy atom. The minimum Gasteiger partial charge on any atom is -0.303 e. The molecule has 1 unspecified atom stereocenters. The van der Waals surface area contributed by atoms with Gasteiger partial charge in [-0.05, 0) is 72.7 Å². The van der Waals surface area contributed by atoms with Crippen molar-refractivity contribution in [1.82, 2.24) is 0 Å². The molecular weight excluding hydrogens is 256 g/mol. The first-order valence-corrected chi connectivity index (χ1v) is 8.93. The highest BCUT2D eigenvalue weighted by molar-refractivity contribution is 5.58. The van der Waals surface area contributed by atoms with Crippen molar-refractivity contribution in [3.63, 3.8) is 0 Å². The summed E-state index contributed by atoms with van der Waals surface area (Å²) in [6.07, 6.45) is 17.7. The molecule has 4 rings (SSSR count). The van der Waals surface area contributed by atoms with Crippen LogP contribution in [-0.4, -0.2) is 6.29 Å². The second kappa shape index (κ2) is 4.57. The van der Waals surface area contributed by atoms with Crippen LogP contribution >= 0.6 is 0 Å². The van der Waals surface area contributed by atoms with Crippen molar-refractivity contribution in [2.45, 2.75) is 58.8 Å². The van der Waals surface area contributed by atoms with Crippen LogP contribution in [0.25, 0.3) is 0 Å². The minimum atomic E-state index is 0.162. The van der Waals surface area contributed by atoms with Crippen LogP contribution in [0.3, 0.4) is 0 Å². The van der Waals surface area contributed by atoms with E-state index in [4.69, 9.17) is 0 Å². The number of allylic oxidation sites excluding steroid dienone is 4. The van der Waals surface area contributed by atoms with Gasteiger partial charge in [-0.15, -0.1) is 0 Å². The maximum Gasteiger partial charge on any atom is 0.126 e. The molecule has 0 N–H and O–H groups in total. The first-order valence-electron chi connectivity index (χ1n) is 8.93. The van der Waals surface area contributed by atoms with Crippen molar-refractivity contribution in [2.24, 2.45) is 34.5 Å². The molecule has 0 amide bonds. The van der Waals surface area contributed by atoms with Gasteiger partial charge in [0.05, 0.1) is 0 Å². The lowest BCUT2D eigenvalue weighted by Crippen LogP contribution is -2.47. The molecule has 0 bridgehead atoms. The highest BCUT2D eigenvalue weighted by atomic mass is 16.1. The van der Waals surface area contributed by atoms with E-state index < -0.39 is 0 Å². The largest absolute Gasteiger partial charge is 0.303 e. The third-order valence-electron chi connectivity index (χ3n) is 7.66. The normalized spacial score (nSPS) is 51.6. The quantitative estimate of drug-likeness (QED) is 0.624. The number of fused-ring (bicyclic) bond motifs is 5. The number of rotatable bonds is 1. The van der Waals surface area contributed by atoms with E-state index in [9.17, 15) is 4.79 Å².